The molecule has 0 atom stereocenters. The molecule has 0 N–H and O–H groups in total. The molecule has 0 unspecified atom stereocenters. The summed E-state index contributed by atoms with van der Waals surface area (Å²) in [6.07, 6.45) is 1.35. The van der Waals surface area contributed by atoms with Gasteiger partial charge >= 0.3 is 0 Å². The van der Waals surface area contributed by atoms with Crippen LogP contribution < -0.4 is 0 Å². The van der Waals surface area contributed by atoms with E-state index >= 15 is 0 Å². The molecule has 0 saturated carbocycles. The van der Waals surface area contributed by atoms with Gasteiger partial charge in [-0.1, -0.05) is 22.9 Å². The van der Waals surface area contributed by atoms with Crippen molar-refractivity contribution in [2.24, 2.45) is 0 Å². The Bertz CT molecular complexity index is 632. The Morgan fingerprint density at radius 3 is 2.56 bits per heavy atom. The van der Waals surface area contributed by atoms with E-state index in [0.717, 1.165) is 9.65 Å². The second kappa shape index (κ2) is 4.87. The SMILES string of the molecule is COCc1cn(S(=O)(=O)c2ccc(C)cc2)nn1. The van der Waals surface area contributed by atoms with E-state index in [1.807, 2.05) is 6.92 Å². The van der Waals surface area contributed by atoms with Gasteiger partial charge in [0.2, 0.25) is 0 Å². The molecule has 0 saturated heterocycles. The summed E-state index contributed by atoms with van der Waals surface area (Å²) < 4.78 is 30.1. The third kappa shape index (κ3) is 2.41. The number of rotatable bonds is 4. The highest BCUT2D eigenvalue weighted by atomic mass is 32.2. The summed E-state index contributed by atoms with van der Waals surface area (Å²) in [6.45, 7) is 2.12. The zero-order chi connectivity index (χ0) is 13.2. The maximum atomic E-state index is 12.2. The molecule has 96 valence electrons. The Labute approximate surface area is 105 Å². The maximum absolute atomic E-state index is 12.2. The first kappa shape index (κ1) is 12.7. The second-order valence-corrected chi connectivity index (χ2v) is 5.63. The Balaban J connectivity index is 2.38. The molecule has 0 aliphatic heterocycles. The predicted molar refractivity (Wildman–Crippen MR) is 64.5 cm³/mol. The molecule has 7 heteroatoms. The van der Waals surface area contributed by atoms with E-state index in [4.69, 9.17) is 4.74 Å². The minimum atomic E-state index is -3.67. The molecule has 1 aromatic carbocycles. The number of ether oxygens (including phenoxy) is 1. The molecule has 18 heavy (non-hydrogen) atoms. The highest BCUT2D eigenvalue weighted by molar-refractivity contribution is 7.89. The summed E-state index contributed by atoms with van der Waals surface area (Å²) in [7, 11) is -2.16. The molecule has 2 aromatic rings. The van der Waals surface area contributed by atoms with Crippen molar-refractivity contribution in [1.82, 2.24) is 14.4 Å². The van der Waals surface area contributed by atoms with Crippen LogP contribution in [-0.2, 0) is 21.4 Å². The van der Waals surface area contributed by atoms with Crippen molar-refractivity contribution < 1.29 is 13.2 Å². The number of nitrogens with zero attached hydrogens (tertiary/aromatic N) is 3. The van der Waals surface area contributed by atoms with Crippen LogP contribution >= 0.6 is 0 Å². The Hall–Kier alpha value is -1.73. The first-order valence-corrected chi connectivity index (χ1v) is 6.70. The maximum Gasteiger partial charge on any atom is 0.284 e. The molecule has 0 bridgehead atoms. The van der Waals surface area contributed by atoms with Crippen molar-refractivity contribution in [3.8, 4) is 0 Å². The van der Waals surface area contributed by atoms with E-state index in [1.165, 1.54) is 13.3 Å². The molecule has 0 fully saturated rings. The smallest absolute Gasteiger partial charge is 0.284 e. The highest BCUT2D eigenvalue weighted by Gasteiger charge is 2.18. The minimum Gasteiger partial charge on any atom is -0.378 e. The summed E-state index contributed by atoms with van der Waals surface area (Å²) in [5.74, 6) is 0. The topological polar surface area (TPSA) is 74.1 Å². The predicted octanol–water partition coefficient (Wildman–Crippen LogP) is 0.970. The molecule has 0 aliphatic carbocycles. The number of hydrogen-bond acceptors (Lipinski definition) is 5. The lowest BCUT2D eigenvalue weighted by Gasteiger charge is -2.03. The monoisotopic (exact) mass is 267 g/mol. The van der Waals surface area contributed by atoms with Gasteiger partial charge in [0, 0.05) is 7.11 Å². The number of methoxy groups -OCH3 is 1. The standard InChI is InChI=1S/C11H13N3O3S/c1-9-3-5-11(6-4-9)18(15,16)14-7-10(8-17-2)12-13-14/h3-7H,8H2,1-2H3. The lowest BCUT2D eigenvalue weighted by molar-refractivity contribution is 0.181. The molecule has 0 aliphatic rings. The second-order valence-electron chi connectivity index (χ2n) is 3.83. The van der Waals surface area contributed by atoms with Crippen molar-refractivity contribution >= 4 is 10.0 Å². The minimum absolute atomic E-state index is 0.182. The summed E-state index contributed by atoms with van der Waals surface area (Å²) in [6, 6.07) is 6.56. The number of hydrogen-bond donors (Lipinski definition) is 0. The van der Waals surface area contributed by atoms with Crippen molar-refractivity contribution in [1.29, 1.82) is 0 Å². The van der Waals surface area contributed by atoms with Gasteiger partial charge in [0.05, 0.1) is 17.7 Å². The van der Waals surface area contributed by atoms with E-state index in [-0.39, 0.29) is 11.5 Å². The largest absolute Gasteiger partial charge is 0.378 e. The van der Waals surface area contributed by atoms with Crippen molar-refractivity contribution in [2.75, 3.05) is 7.11 Å². The molecular weight excluding hydrogens is 254 g/mol. The van der Waals surface area contributed by atoms with Crippen molar-refractivity contribution in [3.63, 3.8) is 0 Å². The average molecular weight is 267 g/mol. The third-order valence-corrected chi connectivity index (χ3v) is 3.92. The van der Waals surface area contributed by atoms with Crippen LogP contribution in [0.25, 0.3) is 0 Å². The zero-order valence-electron chi connectivity index (χ0n) is 10.1. The normalized spacial score (nSPS) is 11.7. The van der Waals surface area contributed by atoms with Gasteiger partial charge in [0.15, 0.2) is 0 Å². The van der Waals surface area contributed by atoms with E-state index in [2.05, 4.69) is 10.3 Å². The molecular formula is C11H13N3O3S. The van der Waals surface area contributed by atoms with E-state index < -0.39 is 10.0 Å². The van der Waals surface area contributed by atoms with Crippen LogP contribution in [-0.4, -0.2) is 29.9 Å². The fourth-order valence-electron chi connectivity index (χ4n) is 1.43. The van der Waals surface area contributed by atoms with Crippen molar-refractivity contribution in [2.45, 2.75) is 18.4 Å². The fraction of sp³-hybridized carbons (Fsp3) is 0.273. The molecule has 1 aromatic heterocycles. The first-order chi connectivity index (χ1) is 8.54. The zero-order valence-corrected chi connectivity index (χ0v) is 10.9. The van der Waals surface area contributed by atoms with Gasteiger partial charge in [-0.3, -0.25) is 0 Å². The molecule has 6 nitrogen and oxygen atoms in total. The van der Waals surface area contributed by atoms with Crippen molar-refractivity contribution in [3.05, 3.63) is 41.7 Å². The quantitative estimate of drug-likeness (QED) is 0.825. The lowest BCUT2D eigenvalue weighted by Crippen LogP contribution is -2.13. The van der Waals surface area contributed by atoms with Gasteiger partial charge in [0.1, 0.15) is 5.69 Å². The average Bonchev–Trinajstić information content (AvgIpc) is 2.79. The van der Waals surface area contributed by atoms with Gasteiger partial charge < -0.3 is 4.74 Å². The molecule has 1 heterocycles. The van der Waals surface area contributed by atoms with Crippen LogP contribution in [0.5, 0.6) is 0 Å². The van der Waals surface area contributed by atoms with Gasteiger partial charge in [0.25, 0.3) is 10.0 Å². The molecule has 0 amide bonds. The molecule has 0 radical (unpaired) electrons. The van der Waals surface area contributed by atoms with E-state index in [9.17, 15) is 8.42 Å². The van der Waals surface area contributed by atoms with E-state index in [1.54, 1.807) is 24.3 Å². The van der Waals surface area contributed by atoms with Gasteiger partial charge in [-0.25, -0.2) is 0 Å². The van der Waals surface area contributed by atoms with Crippen LogP contribution in [0.3, 0.4) is 0 Å². The van der Waals surface area contributed by atoms with Gasteiger partial charge in [-0.15, -0.1) is 9.19 Å². The fourth-order valence-corrected chi connectivity index (χ4v) is 2.52. The molecule has 2 rings (SSSR count). The van der Waals surface area contributed by atoms with Gasteiger partial charge in [-0.05, 0) is 19.1 Å². The highest BCUT2D eigenvalue weighted by Crippen LogP contribution is 2.13. The van der Waals surface area contributed by atoms with Crippen LogP contribution in [0.4, 0.5) is 0 Å². The summed E-state index contributed by atoms with van der Waals surface area (Å²) in [5.41, 5.74) is 1.46. The van der Waals surface area contributed by atoms with Crippen LogP contribution in [0, 0.1) is 6.92 Å². The number of aryl methyl sites for hydroxylation is 1. The van der Waals surface area contributed by atoms with Gasteiger partial charge in [-0.2, -0.15) is 8.42 Å². The van der Waals surface area contributed by atoms with Crippen LogP contribution in [0.2, 0.25) is 0 Å². The van der Waals surface area contributed by atoms with Crippen LogP contribution in [0.1, 0.15) is 11.3 Å². The summed E-state index contributed by atoms with van der Waals surface area (Å²) >= 11 is 0. The Morgan fingerprint density at radius 2 is 1.94 bits per heavy atom. The number of aromatic nitrogens is 3. The summed E-state index contributed by atoms with van der Waals surface area (Å²) in [5, 5.41) is 7.33. The Morgan fingerprint density at radius 1 is 1.28 bits per heavy atom. The lowest BCUT2D eigenvalue weighted by atomic mass is 10.2. The van der Waals surface area contributed by atoms with Crippen LogP contribution in [0.15, 0.2) is 35.4 Å². The third-order valence-electron chi connectivity index (χ3n) is 2.38. The molecule has 0 spiro atoms. The van der Waals surface area contributed by atoms with E-state index in [0.29, 0.717) is 5.69 Å². The first-order valence-electron chi connectivity index (χ1n) is 5.26. The summed E-state index contributed by atoms with van der Waals surface area (Å²) in [4.78, 5) is 0.182. The Kier molecular flexibility index (Phi) is 3.44. The number of benzene rings is 1.